The predicted octanol–water partition coefficient (Wildman–Crippen LogP) is 1.05. The van der Waals surface area contributed by atoms with Crippen LogP contribution in [-0.2, 0) is 4.79 Å². The molecular weight excluding hydrogens is 188 g/mol. The van der Waals surface area contributed by atoms with Crippen LogP contribution in [0.1, 0.15) is 38.5 Å². The monoisotopic (exact) mass is 208 g/mol. The summed E-state index contributed by atoms with van der Waals surface area (Å²) in [5.74, 6) is 2.63. The minimum absolute atomic E-state index is 0.0823. The molecule has 1 saturated carbocycles. The van der Waals surface area contributed by atoms with Crippen LogP contribution >= 0.6 is 0 Å². The van der Waals surface area contributed by atoms with Gasteiger partial charge in [0.1, 0.15) is 0 Å². The van der Waals surface area contributed by atoms with Gasteiger partial charge in [0, 0.05) is 19.0 Å². The van der Waals surface area contributed by atoms with Crippen molar-refractivity contribution >= 4 is 5.91 Å². The Hall–Kier alpha value is -1.01. The molecule has 0 aromatic rings. The van der Waals surface area contributed by atoms with Crippen LogP contribution in [-0.4, -0.2) is 25.0 Å². The molecule has 0 spiro atoms. The third kappa shape index (κ3) is 5.44. The molecule has 1 aliphatic rings. The summed E-state index contributed by atoms with van der Waals surface area (Å²) >= 11 is 0. The Kier molecular flexibility index (Phi) is 5.87. The minimum Gasteiger partial charge on any atom is -0.355 e. The molecule has 0 aromatic heterocycles. The highest BCUT2D eigenvalue weighted by Gasteiger charge is 2.14. The SMILES string of the molecule is C#CCCCNC(=O)CNC1CCCC1. The molecule has 1 amide bonds. The number of unbranched alkanes of at least 4 members (excludes halogenated alkanes) is 1. The molecule has 0 unspecified atom stereocenters. The fourth-order valence-electron chi connectivity index (χ4n) is 1.85. The highest BCUT2D eigenvalue weighted by atomic mass is 16.1. The number of carbonyl (C=O) groups excluding carboxylic acids is 1. The number of hydrogen-bond acceptors (Lipinski definition) is 2. The van der Waals surface area contributed by atoms with E-state index in [0.29, 0.717) is 19.1 Å². The number of terminal acetylenes is 1. The summed E-state index contributed by atoms with van der Waals surface area (Å²) in [5, 5.41) is 6.11. The summed E-state index contributed by atoms with van der Waals surface area (Å²) in [6, 6.07) is 0.557. The number of amides is 1. The van der Waals surface area contributed by atoms with Crippen LogP contribution in [0.25, 0.3) is 0 Å². The van der Waals surface area contributed by atoms with Gasteiger partial charge in [-0.3, -0.25) is 4.79 Å². The third-order valence-corrected chi connectivity index (χ3v) is 2.73. The fraction of sp³-hybridized carbons (Fsp3) is 0.750. The summed E-state index contributed by atoms with van der Waals surface area (Å²) in [7, 11) is 0. The van der Waals surface area contributed by atoms with E-state index in [1.54, 1.807) is 0 Å². The molecular formula is C12H20N2O. The maximum Gasteiger partial charge on any atom is 0.233 e. The topological polar surface area (TPSA) is 41.1 Å². The van der Waals surface area contributed by atoms with Gasteiger partial charge in [0.25, 0.3) is 0 Å². The second-order valence-electron chi connectivity index (χ2n) is 4.02. The number of rotatable bonds is 6. The van der Waals surface area contributed by atoms with Crippen LogP contribution in [0, 0.1) is 12.3 Å². The van der Waals surface area contributed by atoms with E-state index in [0.717, 1.165) is 12.8 Å². The predicted molar refractivity (Wildman–Crippen MR) is 61.3 cm³/mol. The van der Waals surface area contributed by atoms with E-state index in [1.807, 2.05) is 0 Å². The molecule has 3 nitrogen and oxygen atoms in total. The van der Waals surface area contributed by atoms with Gasteiger partial charge in [-0.25, -0.2) is 0 Å². The number of nitrogens with one attached hydrogen (secondary N) is 2. The van der Waals surface area contributed by atoms with Crippen molar-refractivity contribution in [3.8, 4) is 12.3 Å². The zero-order valence-corrected chi connectivity index (χ0v) is 9.22. The minimum atomic E-state index is 0.0823. The van der Waals surface area contributed by atoms with Gasteiger partial charge in [0.05, 0.1) is 6.54 Å². The van der Waals surface area contributed by atoms with E-state index in [2.05, 4.69) is 16.6 Å². The van der Waals surface area contributed by atoms with E-state index in [9.17, 15) is 4.79 Å². The molecule has 0 aliphatic heterocycles. The van der Waals surface area contributed by atoms with Gasteiger partial charge in [-0.1, -0.05) is 12.8 Å². The van der Waals surface area contributed by atoms with Crippen LogP contribution in [0.4, 0.5) is 0 Å². The zero-order chi connectivity index (χ0) is 10.9. The summed E-state index contributed by atoms with van der Waals surface area (Å²) < 4.78 is 0. The van der Waals surface area contributed by atoms with E-state index in [1.165, 1.54) is 25.7 Å². The Morgan fingerprint density at radius 1 is 1.40 bits per heavy atom. The number of carbonyl (C=O) groups is 1. The molecule has 0 radical (unpaired) electrons. The third-order valence-electron chi connectivity index (χ3n) is 2.73. The Balaban J connectivity index is 1.96. The molecule has 1 aliphatic carbocycles. The standard InChI is InChI=1S/C12H20N2O/c1-2-3-6-9-13-12(15)10-14-11-7-4-5-8-11/h1,11,14H,3-10H2,(H,13,15). The Bertz CT molecular complexity index is 226. The van der Waals surface area contributed by atoms with Crippen LogP contribution in [0.5, 0.6) is 0 Å². The Morgan fingerprint density at radius 3 is 2.80 bits per heavy atom. The van der Waals surface area contributed by atoms with Crippen molar-refractivity contribution in [2.24, 2.45) is 0 Å². The van der Waals surface area contributed by atoms with Crippen LogP contribution in [0.2, 0.25) is 0 Å². The first kappa shape index (κ1) is 12.1. The normalized spacial score (nSPS) is 16.2. The van der Waals surface area contributed by atoms with Crippen LogP contribution in [0.3, 0.4) is 0 Å². The molecule has 3 heteroatoms. The second kappa shape index (κ2) is 7.30. The first-order chi connectivity index (χ1) is 7.33. The van der Waals surface area contributed by atoms with Crippen LogP contribution < -0.4 is 10.6 Å². The maximum atomic E-state index is 11.3. The first-order valence-electron chi connectivity index (χ1n) is 5.76. The lowest BCUT2D eigenvalue weighted by atomic mass is 10.2. The lowest BCUT2D eigenvalue weighted by molar-refractivity contribution is -0.120. The van der Waals surface area contributed by atoms with E-state index < -0.39 is 0 Å². The van der Waals surface area contributed by atoms with Gasteiger partial charge in [-0.2, -0.15) is 0 Å². The second-order valence-corrected chi connectivity index (χ2v) is 4.02. The molecule has 84 valence electrons. The lowest BCUT2D eigenvalue weighted by Crippen LogP contribution is -2.38. The zero-order valence-electron chi connectivity index (χ0n) is 9.22. The van der Waals surface area contributed by atoms with Crippen molar-refractivity contribution in [3.05, 3.63) is 0 Å². The Labute approximate surface area is 92.0 Å². The smallest absolute Gasteiger partial charge is 0.233 e. The lowest BCUT2D eigenvalue weighted by Gasteiger charge is -2.11. The molecule has 0 heterocycles. The van der Waals surface area contributed by atoms with E-state index in [4.69, 9.17) is 6.42 Å². The molecule has 2 N–H and O–H groups in total. The first-order valence-corrected chi connectivity index (χ1v) is 5.76. The average Bonchev–Trinajstić information content (AvgIpc) is 2.74. The molecule has 1 rings (SSSR count). The van der Waals surface area contributed by atoms with Crippen molar-refractivity contribution in [1.29, 1.82) is 0 Å². The molecule has 0 aromatic carbocycles. The van der Waals surface area contributed by atoms with E-state index in [-0.39, 0.29) is 5.91 Å². The quantitative estimate of drug-likeness (QED) is 0.506. The van der Waals surface area contributed by atoms with E-state index >= 15 is 0 Å². The number of hydrogen-bond donors (Lipinski definition) is 2. The van der Waals surface area contributed by atoms with Crippen molar-refractivity contribution < 1.29 is 4.79 Å². The van der Waals surface area contributed by atoms with Gasteiger partial charge < -0.3 is 10.6 Å². The Morgan fingerprint density at radius 2 is 2.13 bits per heavy atom. The summed E-state index contributed by atoms with van der Waals surface area (Å²) in [6.07, 6.45) is 11.7. The molecule has 0 saturated heterocycles. The molecule has 1 fully saturated rings. The van der Waals surface area contributed by atoms with Gasteiger partial charge in [0.15, 0.2) is 0 Å². The average molecular weight is 208 g/mol. The highest BCUT2D eigenvalue weighted by molar-refractivity contribution is 5.77. The van der Waals surface area contributed by atoms with Crippen LogP contribution in [0.15, 0.2) is 0 Å². The van der Waals surface area contributed by atoms with Gasteiger partial charge >= 0.3 is 0 Å². The summed E-state index contributed by atoms with van der Waals surface area (Å²) in [5.41, 5.74) is 0. The van der Waals surface area contributed by atoms with Crippen molar-refractivity contribution in [2.45, 2.75) is 44.6 Å². The van der Waals surface area contributed by atoms with Gasteiger partial charge in [-0.05, 0) is 19.3 Å². The molecule has 0 atom stereocenters. The molecule has 0 bridgehead atoms. The van der Waals surface area contributed by atoms with Crippen molar-refractivity contribution in [2.75, 3.05) is 13.1 Å². The molecule has 15 heavy (non-hydrogen) atoms. The van der Waals surface area contributed by atoms with Crippen molar-refractivity contribution in [1.82, 2.24) is 10.6 Å². The fourth-order valence-corrected chi connectivity index (χ4v) is 1.85. The highest BCUT2D eigenvalue weighted by Crippen LogP contribution is 2.17. The maximum absolute atomic E-state index is 11.3. The van der Waals surface area contributed by atoms with Gasteiger partial charge in [0.2, 0.25) is 5.91 Å². The van der Waals surface area contributed by atoms with Gasteiger partial charge in [-0.15, -0.1) is 12.3 Å². The largest absolute Gasteiger partial charge is 0.355 e. The summed E-state index contributed by atoms with van der Waals surface area (Å²) in [6.45, 7) is 1.14. The summed E-state index contributed by atoms with van der Waals surface area (Å²) in [4.78, 5) is 11.3. The van der Waals surface area contributed by atoms with Crippen molar-refractivity contribution in [3.63, 3.8) is 0 Å².